The zero-order chi connectivity index (χ0) is 14.7. The van der Waals surface area contributed by atoms with Crippen molar-refractivity contribution >= 4 is 17.7 Å². The lowest BCUT2D eigenvalue weighted by Crippen LogP contribution is -2.21. The molecule has 1 aliphatic heterocycles. The third kappa shape index (κ3) is 3.59. The maximum absolute atomic E-state index is 13.7. The van der Waals surface area contributed by atoms with Gasteiger partial charge in [0.2, 0.25) is 0 Å². The van der Waals surface area contributed by atoms with Crippen LogP contribution in [0.5, 0.6) is 0 Å². The molecule has 0 spiro atoms. The fourth-order valence-corrected chi connectivity index (χ4v) is 2.61. The van der Waals surface area contributed by atoms with E-state index >= 15 is 0 Å². The lowest BCUT2D eigenvalue weighted by molar-refractivity contribution is -0.131. The molecule has 3 nitrogen and oxygen atoms in total. The van der Waals surface area contributed by atoms with Crippen molar-refractivity contribution in [2.24, 2.45) is 11.8 Å². The summed E-state index contributed by atoms with van der Waals surface area (Å²) in [5.74, 6) is -0.103. The Bertz CT molecular complexity index is 525. The quantitative estimate of drug-likeness (QED) is 0.857. The highest BCUT2D eigenvalue weighted by molar-refractivity contribution is 5.85. The predicted molar refractivity (Wildman–Crippen MR) is 78.2 cm³/mol. The zero-order valence-corrected chi connectivity index (χ0v) is 11.8. The van der Waals surface area contributed by atoms with E-state index in [-0.39, 0.29) is 5.82 Å². The van der Waals surface area contributed by atoms with Gasteiger partial charge in [-0.25, -0.2) is 9.18 Å². The smallest absolute Gasteiger partial charge is 0.328 e. The Morgan fingerprint density at radius 3 is 2.80 bits per heavy atom. The third-order valence-electron chi connectivity index (χ3n) is 3.86. The number of hydrogen-bond acceptors (Lipinski definition) is 2. The molecule has 1 aromatic rings. The van der Waals surface area contributed by atoms with E-state index in [1.54, 1.807) is 0 Å². The Kier molecular flexibility index (Phi) is 4.42. The van der Waals surface area contributed by atoms with E-state index in [4.69, 9.17) is 5.11 Å². The van der Waals surface area contributed by atoms with Gasteiger partial charge >= 0.3 is 5.97 Å². The molecule has 2 rings (SSSR count). The van der Waals surface area contributed by atoms with Gasteiger partial charge in [-0.2, -0.15) is 0 Å². The first-order valence-corrected chi connectivity index (χ1v) is 6.92. The van der Waals surface area contributed by atoms with Crippen LogP contribution < -0.4 is 4.90 Å². The SMILES string of the molecule is CC(C)C1CCN(c2cc(F)cc(/C=C/C(=O)O)c2)C1. The summed E-state index contributed by atoms with van der Waals surface area (Å²) in [7, 11) is 0. The van der Waals surface area contributed by atoms with Crippen molar-refractivity contribution in [1.29, 1.82) is 0 Å². The van der Waals surface area contributed by atoms with Gasteiger partial charge in [0.25, 0.3) is 0 Å². The fraction of sp³-hybridized carbons (Fsp3) is 0.438. The second kappa shape index (κ2) is 6.07. The topological polar surface area (TPSA) is 40.5 Å². The maximum atomic E-state index is 13.7. The number of nitrogens with zero attached hydrogens (tertiary/aromatic N) is 1. The van der Waals surface area contributed by atoms with Gasteiger partial charge in [0, 0.05) is 24.9 Å². The van der Waals surface area contributed by atoms with Crippen molar-refractivity contribution in [3.63, 3.8) is 0 Å². The van der Waals surface area contributed by atoms with Crippen LogP contribution in [0.3, 0.4) is 0 Å². The highest BCUT2D eigenvalue weighted by atomic mass is 19.1. The number of carbonyl (C=O) groups is 1. The third-order valence-corrected chi connectivity index (χ3v) is 3.86. The summed E-state index contributed by atoms with van der Waals surface area (Å²) in [6, 6.07) is 4.70. The Labute approximate surface area is 118 Å². The minimum Gasteiger partial charge on any atom is -0.478 e. The summed E-state index contributed by atoms with van der Waals surface area (Å²) in [6.07, 6.45) is 3.57. The molecule has 0 bridgehead atoms. The van der Waals surface area contributed by atoms with Crippen LogP contribution in [-0.4, -0.2) is 24.2 Å². The van der Waals surface area contributed by atoms with Crippen LogP contribution in [0.25, 0.3) is 6.08 Å². The number of anilines is 1. The van der Waals surface area contributed by atoms with Gasteiger partial charge < -0.3 is 10.0 Å². The van der Waals surface area contributed by atoms with Gasteiger partial charge in [-0.05, 0) is 48.1 Å². The van der Waals surface area contributed by atoms with E-state index in [0.717, 1.165) is 31.3 Å². The van der Waals surface area contributed by atoms with Gasteiger partial charge in [0.05, 0.1) is 0 Å². The van der Waals surface area contributed by atoms with Gasteiger partial charge in [0.1, 0.15) is 5.82 Å². The summed E-state index contributed by atoms with van der Waals surface area (Å²) in [5, 5.41) is 8.63. The summed E-state index contributed by atoms with van der Waals surface area (Å²) >= 11 is 0. The van der Waals surface area contributed by atoms with Crippen molar-refractivity contribution in [2.45, 2.75) is 20.3 Å². The second-order valence-corrected chi connectivity index (χ2v) is 5.65. The average Bonchev–Trinajstić information content (AvgIpc) is 2.85. The van der Waals surface area contributed by atoms with Crippen LogP contribution in [-0.2, 0) is 4.79 Å². The minimum absolute atomic E-state index is 0.333. The molecule has 0 aromatic heterocycles. The predicted octanol–water partition coefficient (Wildman–Crippen LogP) is 3.41. The molecule has 20 heavy (non-hydrogen) atoms. The summed E-state index contributed by atoms with van der Waals surface area (Å²) in [4.78, 5) is 12.7. The monoisotopic (exact) mass is 277 g/mol. The van der Waals surface area contributed by atoms with Crippen molar-refractivity contribution in [3.05, 3.63) is 35.7 Å². The van der Waals surface area contributed by atoms with Crippen LogP contribution in [0.15, 0.2) is 24.3 Å². The van der Waals surface area contributed by atoms with Gasteiger partial charge in [-0.15, -0.1) is 0 Å². The summed E-state index contributed by atoms with van der Waals surface area (Å²) in [5.41, 5.74) is 1.41. The molecule has 1 fully saturated rings. The molecule has 108 valence electrons. The van der Waals surface area contributed by atoms with Crippen molar-refractivity contribution < 1.29 is 14.3 Å². The molecule has 1 heterocycles. The van der Waals surface area contributed by atoms with Crippen molar-refractivity contribution in [1.82, 2.24) is 0 Å². The summed E-state index contributed by atoms with van der Waals surface area (Å²) < 4.78 is 13.7. The first kappa shape index (κ1) is 14.6. The van der Waals surface area contributed by atoms with Crippen LogP contribution in [0.1, 0.15) is 25.8 Å². The van der Waals surface area contributed by atoms with Crippen molar-refractivity contribution in [3.8, 4) is 0 Å². The van der Waals surface area contributed by atoms with Gasteiger partial charge in [-0.3, -0.25) is 0 Å². The number of hydrogen-bond donors (Lipinski definition) is 1. The molecule has 1 N–H and O–H groups in total. The first-order valence-electron chi connectivity index (χ1n) is 6.92. The zero-order valence-electron chi connectivity index (χ0n) is 11.8. The standard InChI is InChI=1S/C16H20FNO2/c1-11(2)13-5-6-18(10-13)15-8-12(3-4-16(19)20)7-14(17)9-15/h3-4,7-9,11,13H,5-6,10H2,1-2H3,(H,19,20)/b4-3+. The molecule has 4 heteroatoms. The average molecular weight is 277 g/mol. The highest BCUT2D eigenvalue weighted by Crippen LogP contribution is 2.29. The Morgan fingerprint density at radius 1 is 1.45 bits per heavy atom. The van der Waals surface area contributed by atoms with Crippen molar-refractivity contribution in [2.75, 3.05) is 18.0 Å². The van der Waals surface area contributed by atoms with Crippen LogP contribution >= 0.6 is 0 Å². The number of carboxylic acids is 1. The summed E-state index contributed by atoms with van der Waals surface area (Å²) in [6.45, 7) is 6.28. The number of aliphatic carboxylic acids is 1. The molecule has 0 saturated carbocycles. The van der Waals surface area contributed by atoms with Crippen LogP contribution in [0.2, 0.25) is 0 Å². The largest absolute Gasteiger partial charge is 0.478 e. The molecule has 1 saturated heterocycles. The van der Waals surface area contributed by atoms with Gasteiger partial charge in [-0.1, -0.05) is 13.8 Å². The molecule has 1 unspecified atom stereocenters. The molecular weight excluding hydrogens is 257 g/mol. The molecular formula is C16H20FNO2. The number of benzene rings is 1. The molecule has 1 aliphatic rings. The van der Waals surface area contributed by atoms with E-state index in [9.17, 15) is 9.18 Å². The van der Waals surface area contributed by atoms with E-state index in [1.165, 1.54) is 18.2 Å². The lowest BCUT2D eigenvalue weighted by atomic mass is 9.95. The Hall–Kier alpha value is -1.84. The highest BCUT2D eigenvalue weighted by Gasteiger charge is 2.25. The molecule has 0 amide bonds. The Morgan fingerprint density at radius 2 is 2.20 bits per heavy atom. The molecule has 0 aliphatic carbocycles. The number of halogens is 1. The number of rotatable bonds is 4. The second-order valence-electron chi connectivity index (χ2n) is 5.65. The van der Waals surface area contributed by atoms with Gasteiger partial charge in [0.15, 0.2) is 0 Å². The van der Waals surface area contributed by atoms with E-state index in [1.807, 2.05) is 6.07 Å². The maximum Gasteiger partial charge on any atom is 0.328 e. The lowest BCUT2D eigenvalue weighted by Gasteiger charge is -2.20. The van der Waals surface area contributed by atoms with Crippen LogP contribution in [0.4, 0.5) is 10.1 Å². The minimum atomic E-state index is -1.03. The van der Waals surface area contributed by atoms with E-state index < -0.39 is 5.97 Å². The fourth-order valence-electron chi connectivity index (χ4n) is 2.61. The normalized spacial score (nSPS) is 19.2. The van der Waals surface area contributed by atoms with Crippen LogP contribution in [0, 0.1) is 17.7 Å². The van der Waals surface area contributed by atoms with E-state index in [2.05, 4.69) is 18.7 Å². The first-order chi connectivity index (χ1) is 9.45. The molecule has 1 atom stereocenters. The van der Waals surface area contributed by atoms with E-state index in [0.29, 0.717) is 17.4 Å². The molecule has 1 aromatic carbocycles. The Balaban J connectivity index is 2.18. The number of carboxylic acid groups (broad SMARTS) is 1. The molecule has 0 radical (unpaired) electrons.